The molecule has 1 aliphatic heterocycles. The highest BCUT2D eigenvalue weighted by Crippen LogP contribution is 2.31. The van der Waals surface area contributed by atoms with Crippen molar-refractivity contribution in [2.75, 3.05) is 37.5 Å². The van der Waals surface area contributed by atoms with Crippen LogP contribution in [0.15, 0.2) is 18.2 Å². The number of aryl methyl sites for hydroxylation is 2. The minimum absolute atomic E-state index is 0.361. The van der Waals surface area contributed by atoms with Crippen LogP contribution in [0.2, 0.25) is 0 Å². The number of benzene rings is 1. The molecule has 1 fully saturated rings. The highest BCUT2D eigenvalue weighted by atomic mass is 16.5. The van der Waals surface area contributed by atoms with Crippen molar-refractivity contribution in [3.63, 3.8) is 0 Å². The molecule has 1 atom stereocenters. The standard InChI is InChI=1S/C22H30N4O2/c1-15-23-21-9-5-4-8-20(21)22(24-15)26-10-6-7-16(14-26)25-17-11-18(27-2)13-19(12-17)28-3/h11-13,16,25H,4-10,14H2,1-3H3. The van der Waals surface area contributed by atoms with Crippen molar-refractivity contribution in [1.29, 1.82) is 0 Å². The van der Waals surface area contributed by atoms with E-state index in [4.69, 9.17) is 19.4 Å². The van der Waals surface area contributed by atoms with Gasteiger partial charge < -0.3 is 19.7 Å². The predicted octanol–water partition coefficient (Wildman–Crippen LogP) is 3.76. The molecule has 2 aliphatic rings. The lowest BCUT2D eigenvalue weighted by atomic mass is 9.95. The van der Waals surface area contributed by atoms with Gasteiger partial charge in [-0.05, 0) is 45.4 Å². The molecule has 1 saturated heterocycles. The lowest BCUT2D eigenvalue weighted by Crippen LogP contribution is -2.43. The fraction of sp³-hybridized carbons (Fsp3) is 0.545. The summed E-state index contributed by atoms with van der Waals surface area (Å²) < 4.78 is 10.8. The first-order valence-corrected chi connectivity index (χ1v) is 10.3. The van der Waals surface area contributed by atoms with Crippen LogP contribution >= 0.6 is 0 Å². The summed E-state index contributed by atoms with van der Waals surface area (Å²) in [4.78, 5) is 12.0. The van der Waals surface area contributed by atoms with Gasteiger partial charge in [0.05, 0.1) is 14.2 Å². The molecule has 0 spiro atoms. The molecule has 0 saturated carbocycles. The van der Waals surface area contributed by atoms with Crippen LogP contribution in [0.25, 0.3) is 0 Å². The Morgan fingerprint density at radius 2 is 1.75 bits per heavy atom. The van der Waals surface area contributed by atoms with Gasteiger partial charge in [-0.25, -0.2) is 9.97 Å². The fourth-order valence-corrected chi connectivity index (χ4v) is 4.37. The largest absolute Gasteiger partial charge is 0.497 e. The van der Waals surface area contributed by atoms with E-state index >= 15 is 0 Å². The van der Waals surface area contributed by atoms with Crippen LogP contribution in [0.3, 0.4) is 0 Å². The maximum absolute atomic E-state index is 5.40. The Kier molecular flexibility index (Phi) is 5.55. The molecule has 28 heavy (non-hydrogen) atoms. The van der Waals surface area contributed by atoms with E-state index in [2.05, 4.69) is 10.2 Å². The number of hydrogen-bond donors (Lipinski definition) is 1. The molecular formula is C22H30N4O2. The number of nitrogens with zero attached hydrogens (tertiary/aromatic N) is 3. The number of nitrogens with one attached hydrogen (secondary N) is 1. The van der Waals surface area contributed by atoms with E-state index in [1.165, 1.54) is 24.1 Å². The first kappa shape index (κ1) is 18.8. The van der Waals surface area contributed by atoms with Crippen LogP contribution < -0.4 is 19.7 Å². The van der Waals surface area contributed by atoms with Crippen LogP contribution in [-0.2, 0) is 12.8 Å². The van der Waals surface area contributed by atoms with Gasteiger partial charge in [-0.15, -0.1) is 0 Å². The summed E-state index contributed by atoms with van der Waals surface area (Å²) in [6, 6.07) is 6.31. The van der Waals surface area contributed by atoms with Crippen molar-refractivity contribution in [2.24, 2.45) is 0 Å². The second-order valence-electron chi connectivity index (χ2n) is 7.76. The molecule has 4 rings (SSSR count). The van der Waals surface area contributed by atoms with Crippen molar-refractivity contribution < 1.29 is 9.47 Å². The van der Waals surface area contributed by atoms with Gasteiger partial charge in [0.15, 0.2) is 0 Å². The Balaban J connectivity index is 1.54. The second-order valence-corrected chi connectivity index (χ2v) is 7.76. The highest BCUT2D eigenvalue weighted by Gasteiger charge is 2.26. The maximum atomic E-state index is 5.40. The van der Waals surface area contributed by atoms with Crippen molar-refractivity contribution in [3.05, 3.63) is 35.3 Å². The minimum atomic E-state index is 0.361. The van der Waals surface area contributed by atoms with Gasteiger partial charge in [-0.3, -0.25) is 0 Å². The molecule has 1 aromatic heterocycles. The van der Waals surface area contributed by atoms with Crippen molar-refractivity contribution >= 4 is 11.5 Å². The molecule has 1 unspecified atom stereocenters. The molecule has 0 radical (unpaired) electrons. The Labute approximate surface area is 167 Å². The van der Waals surface area contributed by atoms with E-state index < -0.39 is 0 Å². The SMILES string of the molecule is COc1cc(NC2CCCN(c3nc(C)nc4c3CCCC4)C2)cc(OC)c1. The molecule has 2 heterocycles. The normalized spacial score (nSPS) is 19.1. The molecule has 1 aromatic carbocycles. The summed E-state index contributed by atoms with van der Waals surface area (Å²) in [5.74, 6) is 3.66. The van der Waals surface area contributed by atoms with Gasteiger partial charge in [0.25, 0.3) is 0 Å². The smallest absolute Gasteiger partial charge is 0.135 e. The number of fused-ring (bicyclic) bond motifs is 1. The molecule has 1 aliphatic carbocycles. The summed E-state index contributed by atoms with van der Waals surface area (Å²) in [7, 11) is 3.36. The maximum Gasteiger partial charge on any atom is 0.135 e. The Hall–Kier alpha value is -2.50. The van der Waals surface area contributed by atoms with E-state index in [0.717, 1.165) is 67.6 Å². The average molecular weight is 383 g/mol. The summed E-state index contributed by atoms with van der Waals surface area (Å²) >= 11 is 0. The lowest BCUT2D eigenvalue weighted by Gasteiger charge is -2.36. The number of piperidine rings is 1. The van der Waals surface area contributed by atoms with Gasteiger partial charge in [-0.1, -0.05) is 0 Å². The molecular weight excluding hydrogens is 352 g/mol. The van der Waals surface area contributed by atoms with Crippen LogP contribution in [-0.4, -0.2) is 43.3 Å². The number of ether oxygens (including phenoxy) is 2. The summed E-state index contributed by atoms with van der Waals surface area (Å²) in [6.45, 7) is 4.02. The molecule has 150 valence electrons. The Morgan fingerprint density at radius 3 is 2.50 bits per heavy atom. The third kappa shape index (κ3) is 4.01. The third-order valence-electron chi connectivity index (χ3n) is 5.72. The van der Waals surface area contributed by atoms with E-state index in [1.54, 1.807) is 14.2 Å². The molecule has 2 aromatic rings. The third-order valence-corrected chi connectivity index (χ3v) is 5.72. The van der Waals surface area contributed by atoms with Gasteiger partial charge in [0.1, 0.15) is 23.1 Å². The van der Waals surface area contributed by atoms with E-state index in [1.807, 2.05) is 25.1 Å². The quantitative estimate of drug-likeness (QED) is 0.850. The fourth-order valence-electron chi connectivity index (χ4n) is 4.37. The summed E-state index contributed by atoms with van der Waals surface area (Å²) in [5.41, 5.74) is 3.67. The predicted molar refractivity (Wildman–Crippen MR) is 112 cm³/mol. The number of methoxy groups -OCH3 is 2. The number of rotatable bonds is 5. The van der Waals surface area contributed by atoms with Gasteiger partial charge in [0, 0.05) is 54.3 Å². The van der Waals surface area contributed by atoms with Crippen molar-refractivity contribution in [2.45, 2.75) is 51.5 Å². The summed E-state index contributed by atoms with van der Waals surface area (Å²) in [5, 5.41) is 3.68. The molecule has 0 amide bonds. The Morgan fingerprint density at radius 1 is 1.00 bits per heavy atom. The van der Waals surface area contributed by atoms with E-state index in [0.29, 0.717) is 6.04 Å². The van der Waals surface area contributed by atoms with Crippen LogP contribution in [0.5, 0.6) is 11.5 Å². The zero-order valence-corrected chi connectivity index (χ0v) is 17.1. The average Bonchev–Trinajstić information content (AvgIpc) is 2.73. The first-order valence-electron chi connectivity index (χ1n) is 10.3. The number of hydrogen-bond acceptors (Lipinski definition) is 6. The molecule has 0 bridgehead atoms. The zero-order chi connectivity index (χ0) is 19.5. The summed E-state index contributed by atoms with van der Waals surface area (Å²) in [6.07, 6.45) is 6.96. The van der Waals surface area contributed by atoms with Crippen LogP contribution in [0.1, 0.15) is 42.8 Å². The van der Waals surface area contributed by atoms with Gasteiger partial charge >= 0.3 is 0 Å². The van der Waals surface area contributed by atoms with Crippen molar-refractivity contribution in [1.82, 2.24) is 9.97 Å². The molecule has 6 heteroatoms. The first-order chi connectivity index (χ1) is 13.7. The van der Waals surface area contributed by atoms with Crippen LogP contribution in [0.4, 0.5) is 11.5 Å². The Bertz CT molecular complexity index is 817. The van der Waals surface area contributed by atoms with Gasteiger partial charge in [0.2, 0.25) is 0 Å². The number of anilines is 2. The lowest BCUT2D eigenvalue weighted by molar-refractivity contribution is 0.394. The highest BCUT2D eigenvalue weighted by molar-refractivity contribution is 5.55. The van der Waals surface area contributed by atoms with E-state index in [-0.39, 0.29) is 0 Å². The zero-order valence-electron chi connectivity index (χ0n) is 17.1. The second kappa shape index (κ2) is 8.25. The van der Waals surface area contributed by atoms with Crippen LogP contribution in [0, 0.1) is 6.92 Å². The molecule has 6 nitrogen and oxygen atoms in total. The van der Waals surface area contributed by atoms with Gasteiger partial charge in [-0.2, -0.15) is 0 Å². The monoisotopic (exact) mass is 382 g/mol. The number of aromatic nitrogens is 2. The topological polar surface area (TPSA) is 59.5 Å². The van der Waals surface area contributed by atoms with Crippen molar-refractivity contribution in [3.8, 4) is 11.5 Å². The minimum Gasteiger partial charge on any atom is -0.497 e. The van der Waals surface area contributed by atoms with E-state index in [9.17, 15) is 0 Å². The molecule has 1 N–H and O–H groups in total.